The van der Waals surface area contributed by atoms with Crippen molar-refractivity contribution < 1.29 is 0 Å². The smallest absolute Gasteiger partial charge is 0.0442 e. The Morgan fingerprint density at radius 3 is 2.58 bits per heavy atom. The first-order chi connectivity index (χ1) is 9.27. The summed E-state index contributed by atoms with van der Waals surface area (Å²) in [7, 11) is 2.27. The Bertz CT molecular complexity index is 363. The van der Waals surface area contributed by atoms with E-state index >= 15 is 0 Å². The van der Waals surface area contributed by atoms with Crippen LogP contribution in [0.25, 0.3) is 0 Å². The van der Waals surface area contributed by atoms with Gasteiger partial charge in [0.15, 0.2) is 0 Å². The molecule has 0 aromatic heterocycles. The van der Waals surface area contributed by atoms with E-state index in [2.05, 4.69) is 61.0 Å². The Labute approximate surface area is 118 Å². The van der Waals surface area contributed by atoms with Crippen LogP contribution in [0, 0.1) is 0 Å². The van der Waals surface area contributed by atoms with E-state index in [1.54, 1.807) is 0 Å². The van der Waals surface area contributed by atoms with Gasteiger partial charge in [0.05, 0.1) is 0 Å². The molecule has 0 saturated carbocycles. The number of hydrogen-bond acceptors (Lipinski definition) is 2. The average molecular weight is 260 g/mol. The summed E-state index contributed by atoms with van der Waals surface area (Å²) in [6.07, 6.45) is 5.25. The molecule has 0 N–H and O–H groups in total. The number of benzene rings is 1. The quantitative estimate of drug-likeness (QED) is 0.795. The first-order valence-electron chi connectivity index (χ1n) is 7.79. The molecular weight excluding hydrogens is 232 g/mol. The van der Waals surface area contributed by atoms with Gasteiger partial charge in [0, 0.05) is 24.8 Å². The van der Waals surface area contributed by atoms with Gasteiger partial charge in [0.25, 0.3) is 0 Å². The fourth-order valence-corrected chi connectivity index (χ4v) is 3.47. The number of hydrogen-bond donors (Lipinski definition) is 0. The van der Waals surface area contributed by atoms with Crippen LogP contribution in [0.2, 0.25) is 0 Å². The third-order valence-corrected chi connectivity index (χ3v) is 4.51. The molecule has 2 unspecified atom stereocenters. The van der Waals surface area contributed by atoms with Crippen LogP contribution in [0.4, 0.5) is 5.69 Å². The van der Waals surface area contributed by atoms with E-state index in [-0.39, 0.29) is 0 Å². The molecule has 106 valence electrons. The maximum Gasteiger partial charge on any atom is 0.0442 e. The summed E-state index contributed by atoms with van der Waals surface area (Å²) in [4.78, 5) is 5.18. The van der Waals surface area contributed by atoms with Gasteiger partial charge < -0.3 is 4.90 Å². The number of anilines is 1. The Morgan fingerprint density at radius 2 is 1.95 bits per heavy atom. The van der Waals surface area contributed by atoms with E-state index < -0.39 is 0 Å². The van der Waals surface area contributed by atoms with Gasteiger partial charge in [0.2, 0.25) is 0 Å². The van der Waals surface area contributed by atoms with Crippen molar-refractivity contribution >= 4 is 5.69 Å². The zero-order chi connectivity index (χ0) is 13.7. The van der Waals surface area contributed by atoms with Crippen LogP contribution in [-0.2, 0) is 0 Å². The summed E-state index contributed by atoms with van der Waals surface area (Å²) in [6, 6.07) is 12.2. The minimum absolute atomic E-state index is 0.663. The van der Waals surface area contributed by atoms with Crippen LogP contribution in [0.1, 0.15) is 39.5 Å². The number of piperidine rings is 1. The summed E-state index contributed by atoms with van der Waals surface area (Å²) < 4.78 is 0. The SMILES string of the molecule is CCCC1C(N(C)c2ccccc2)CCCN1CC. The Balaban J connectivity index is 2.15. The number of likely N-dealkylation sites (tertiary alicyclic amines) is 1. The normalized spacial score (nSPS) is 24.4. The Kier molecular flexibility index (Phi) is 5.26. The minimum atomic E-state index is 0.663. The second-order valence-corrected chi connectivity index (χ2v) is 5.64. The van der Waals surface area contributed by atoms with Gasteiger partial charge >= 0.3 is 0 Å². The topological polar surface area (TPSA) is 6.48 Å². The monoisotopic (exact) mass is 260 g/mol. The van der Waals surface area contributed by atoms with Crippen LogP contribution in [0.3, 0.4) is 0 Å². The summed E-state index contributed by atoms with van der Waals surface area (Å²) >= 11 is 0. The van der Waals surface area contributed by atoms with Crippen LogP contribution in [0.5, 0.6) is 0 Å². The first-order valence-corrected chi connectivity index (χ1v) is 7.79. The molecule has 1 aromatic carbocycles. The van der Waals surface area contributed by atoms with E-state index in [0.717, 1.165) is 0 Å². The summed E-state index contributed by atoms with van der Waals surface area (Å²) in [5.41, 5.74) is 1.35. The van der Waals surface area contributed by atoms with Crippen molar-refractivity contribution in [2.75, 3.05) is 25.0 Å². The second-order valence-electron chi connectivity index (χ2n) is 5.64. The molecule has 0 spiro atoms. The molecule has 1 aliphatic heterocycles. The molecule has 0 radical (unpaired) electrons. The molecule has 1 saturated heterocycles. The standard InChI is InChI=1S/C17H28N2/c1-4-10-17-16(13-9-14-19(17)5-2)18(3)15-11-7-6-8-12-15/h6-8,11-12,16-17H,4-5,9-10,13-14H2,1-3H3. The van der Waals surface area contributed by atoms with Crippen LogP contribution in [0.15, 0.2) is 30.3 Å². The van der Waals surface area contributed by atoms with Crippen LogP contribution in [-0.4, -0.2) is 37.1 Å². The maximum absolute atomic E-state index is 2.68. The molecule has 1 heterocycles. The van der Waals surface area contributed by atoms with Gasteiger partial charge in [0.1, 0.15) is 0 Å². The van der Waals surface area contributed by atoms with Crippen molar-refractivity contribution in [2.24, 2.45) is 0 Å². The molecule has 0 amide bonds. The molecule has 2 nitrogen and oxygen atoms in total. The number of nitrogens with zero attached hydrogens (tertiary/aromatic N) is 2. The van der Waals surface area contributed by atoms with Crippen molar-refractivity contribution in [1.29, 1.82) is 0 Å². The third kappa shape index (κ3) is 3.30. The van der Waals surface area contributed by atoms with Gasteiger partial charge in [-0.1, -0.05) is 38.5 Å². The lowest BCUT2D eigenvalue weighted by Crippen LogP contribution is -2.54. The van der Waals surface area contributed by atoms with Crippen molar-refractivity contribution in [3.63, 3.8) is 0 Å². The fourth-order valence-electron chi connectivity index (χ4n) is 3.47. The lowest BCUT2D eigenvalue weighted by Gasteiger charge is -2.45. The zero-order valence-electron chi connectivity index (χ0n) is 12.7. The lowest BCUT2D eigenvalue weighted by atomic mass is 9.91. The van der Waals surface area contributed by atoms with Crippen molar-refractivity contribution in [1.82, 2.24) is 4.90 Å². The van der Waals surface area contributed by atoms with Gasteiger partial charge in [-0.15, -0.1) is 0 Å². The van der Waals surface area contributed by atoms with Crippen molar-refractivity contribution in [2.45, 2.75) is 51.6 Å². The molecule has 0 aliphatic carbocycles. The fraction of sp³-hybridized carbons (Fsp3) is 0.647. The summed E-state index contributed by atoms with van der Waals surface area (Å²) in [5.74, 6) is 0. The van der Waals surface area contributed by atoms with Crippen LogP contribution < -0.4 is 4.90 Å². The second kappa shape index (κ2) is 6.95. The summed E-state index contributed by atoms with van der Waals surface area (Å²) in [6.45, 7) is 7.07. The average Bonchev–Trinajstić information content (AvgIpc) is 2.48. The van der Waals surface area contributed by atoms with E-state index in [4.69, 9.17) is 0 Å². The molecule has 1 aromatic rings. The van der Waals surface area contributed by atoms with Gasteiger partial charge in [-0.25, -0.2) is 0 Å². The molecule has 2 heteroatoms. The number of para-hydroxylation sites is 1. The Morgan fingerprint density at radius 1 is 1.21 bits per heavy atom. The molecular formula is C17H28N2. The van der Waals surface area contributed by atoms with E-state index in [1.807, 2.05) is 0 Å². The molecule has 19 heavy (non-hydrogen) atoms. The van der Waals surface area contributed by atoms with Crippen molar-refractivity contribution in [3.05, 3.63) is 30.3 Å². The largest absolute Gasteiger partial charge is 0.370 e. The third-order valence-electron chi connectivity index (χ3n) is 4.51. The molecule has 1 aliphatic rings. The predicted molar refractivity (Wildman–Crippen MR) is 83.8 cm³/mol. The molecule has 1 fully saturated rings. The van der Waals surface area contributed by atoms with E-state index in [9.17, 15) is 0 Å². The highest BCUT2D eigenvalue weighted by molar-refractivity contribution is 5.46. The molecule has 0 bridgehead atoms. The lowest BCUT2D eigenvalue weighted by molar-refractivity contribution is 0.124. The van der Waals surface area contributed by atoms with Gasteiger partial charge in [-0.05, 0) is 44.5 Å². The molecule has 2 rings (SSSR count). The van der Waals surface area contributed by atoms with Crippen molar-refractivity contribution in [3.8, 4) is 0 Å². The number of rotatable bonds is 5. The predicted octanol–water partition coefficient (Wildman–Crippen LogP) is 3.78. The Hall–Kier alpha value is -1.02. The molecule has 2 atom stereocenters. The minimum Gasteiger partial charge on any atom is -0.370 e. The highest BCUT2D eigenvalue weighted by atomic mass is 15.2. The highest BCUT2D eigenvalue weighted by Crippen LogP contribution is 2.28. The summed E-state index contributed by atoms with van der Waals surface area (Å²) in [5, 5.41) is 0. The van der Waals surface area contributed by atoms with Crippen LogP contribution >= 0.6 is 0 Å². The first kappa shape index (κ1) is 14.4. The maximum atomic E-state index is 2.68. The van der Waals surface area contributed by atoms with Gasteiger partial charge in [-0.2, -0.15) is 0 Å². The van der Waals surface area contributed by atoms with E-state index in [1.165, 1.54) is 44.5 Å². The number of likely N-dealkylation sites (N-methyl/N-ethyl adjacent to an activating group) is 2. The van der Waals surface area contributed by atoms with E-state index in [0.29, 0.717) is 12.1 Å². The zero-order valence-corrected chi connectivity index (χ0v) is 12.7. The highest BCUT2D eigenvalue weighted by Gasteiger charge is 2.32. The van der Waals surface area contributed by atoms with Gasteiger partial charge in [-0.3, -0.25) is 4.90 Å².